The minimum atomic E-state index is -3.34. The molecule has 1 aromatic rings. The fourth-order valence-electron chi connectivity index (χ4n) is 2.22. The Morgan fingerprint density at radius 3 is 2.85 bits per heavy atom. The lowest BCUT2D eigenvalue weighted by molar-refractivity contribution is 0.387. The Labute approximate surface area is 126 Å². The van der Waals surface area contributed by atoms with Gasteiger partial charge in [-0.15, -0.1) is 12.4 Å². The largest absolute Gasteiger partial charge is 0.315 e. The van der Waals surface area contributed by atoms with Gasteiger partial charge >= 0.3 is 0 Å². The third-order valence-corrected chi connectivity index (χ3v) is 5.27. The normalized spacial score (nSPS) is 18.6. The Balaban J connectivity index is 0.00000200. The van der Waals surface area contributed by atoms with Crippen LogP contribution in [-0.4, -0.2) is 38.9 Å². The highest BCUT2D eigenvalue weighted by Gasteiger charge is 2.28. The van der Waals surface area contributed by atoms with Gasteiger partial charge in [-0.1, -0.05) is 12.1 Å². The molecule has 0 aliphatic carbocycles. The Kier molecular flexibility index (Phi) is 5.96. The number of benzene rings is 1. The van der Waals surface area contributed by atoms with E-state index in [0.717, 1.165) is 13.0 Å². The minimum absolute atomic E-state index is 0. The maximum Gasteiger partial charge on any atom is 0.218 e. The molecule has 1 unspecified atom stereocenters. The van der Waals surface area contributed by atoms with Crippen molar-refractivity contribution in [3.63, 3.8) is 0 Å². The predicted molar refractivity (Wildman–Crippen MR) is 80.1 cm³/mol. The number of hydrogen-bond donors (Lipinski definition) is 1. The fraction of sp³-hybridized carbons (Fsp3) is 0.462. The Bertz CT molecular complexity index is 592. The van der Waals surface area contributed by atoms with Gasteiger partial charge in [-0.3, -0.25) is 0 Å². The molecule has 0 aromatic heterocycles. The summed E-state index contributed by atoms with van der Waals surface area (Å²) in [5.74, 6) is -0.0600. The Morgan fingerprint density at radius 2 is 2.25 bits per heavy atom. The Morgan fingerprint density at radius 1 is 1.50 bits per heavy atom. The summed E-state index contributed by atoms with van der Waals surface area (Å²) in [6, 6.07) is 8.79. The molecule has 5 nitrogen and oxygen atoms in total. The van der Waals surface area contributed by atoms with E-state index in [9.17, 15) is 8.42 Å². The SMILES string of the molecule is CN(C1CCNC1)S(=O)(=O)Cc1cccc(C#N)c1.Cl. The first-order valence-electron chi connectivity index (χ1n) is 6.18. The van der Waals surface area contributed by atoms with Crippen LogP contribution in [-0.2, 0) is 15.8 Å². The number of nitriles is 1. The molecule has 0 bridgehead atoms. The van der Waals surface area contributed by atoms with E-state index in [1.165, 1.54) is 4.31 Å². The highest BCUT2D eigenvalue weighted by Crippen LogP contribution is 2.16. The monoisotopic (exact) mass is 315 g/mol. The molecule has 1 atom stereocenters. The van der Waals surface area contributed by atoms with E-state index in [1.807, 2.05) is 6.07 Å². The van der Waals surface area contributed by atoms with Crippen LogP contribution < -0.4 is 5.32 Å². The highest BCUT2D eigenvalue weighted by molar-refractivity contribution is 7.88. The van der Waals surface area contributed by atoms with Crippen LogP contribution in [0.5, 0.6) is 0 Å². The maximum atomic E-state index is 12.3. The molecule has 7 heteroatoms. The first-order valence-corrected chi connectivity index (χ1v) is 7.79. The average Bonchev–Trinajstić information content (AvgIpc) is 2.91. The number of halogens is 1. The van der Waals surface area contributed by atoms with Gasteiger partial charge in [0, 0.05) is 19.6 Å². The molecule has 2 rings (SSSR count). The maximum absolute atomic E-state index is 12.3. The van der Waals surface area contributed by atoms with Crippen molar-refractivity contribution < 1.29 is 8.42 Å². The van der Waals surface area contributed by atoms with Gasteiger partial charge < -0.3 is 5.32 Å². The van der Waals surface area contributed by atoms with E-state index in [0.29, 0.717) is 17.7 Å². The van der Waals surface area contributed by atoms with E-state index in [1.54, 1.807) is 31.3 Å². The van der Waals surface area contributed by atoms with Crippen LogP contribution in [0.4, 0.5) is 0 Å². The third kappa shape index (κ3) is 3.93. The van der Waals surface area contributed by atoms with Crippen LogP contribution in [0.1, 0.15) is 17.5 Å². The number of rotatable bonds is 4. The third-order valence-electron chi connectivity index (χ3n) is 3.39. The van der Waals surface area contributed by atoms with E-state index in [4.69, 9.17) is 5.26 Å². The molecule has 110 valence electrons. The summed E-state index contributed by atoms with van der Waals surface area (Å²) in [5, 5.41) is 12.0. The molecule has 1 N–H and O–H groups in total. The van der Waals surface area contributed by atoms with Crippen molar-refractivity contribution in [1.29, 1.82) is 5.26 Å². The van der Waals surface area contributed by atoms with Gasteiger partial charge in [-0.2, -0.15) is 5.26 Å². The summed E-state index contributed by atoms with van der Waals surface area (Å²) >= 11 is 0. The van der Waals surface area contributed by atoms with Crippen LogP contribution in [0.2, 0.25) is 0 Å². The number of sulfonamides is 1. The van der Waals surface area contributed by atoms with E-state index in [-0.39, 0.29) is 24.2 Å². The summed E-state index contributed by atoms with van der Waals surface area (Å²) in [4.78, 5) is 0. The summed E-state index contributed by atoms with van der Waals surface area (Å²) < 4.78 is 26.1. The zero-order valence-corrected chi connectivity index (χ0v) is 12.9. The van der Waals surface area contributed by atoms with Gasteiger partial charge in [0.25, 0.3) is 0 Å². The number of likely N-dealkylation sites (N-methyl/N-ethyl adjacent to an activating group) is 1. The zero-order chi connectivity index (χ0) is 13.9. The topological polar surface area (TPSA) is 73.2 Å². The molecule has 0 radical (unpaired) electrons. The second kappa shape index (κ2) is 7.04. The summed E-state index contributed by atoms with van der Waals surface area (Å²) in [6.07, 6.45) is 0.841. The smallest absolute Gasteiger partial charge is 0.218 e. The fourth-order valence-corrected chi connectivity index (χ4v) is 3.66. The predicted octanol–water partition coefficient (Wildman–Crippen LogP) is 1.10. The standard InChI is InChI=1S/C13H17N3O2S.ClH/c1-16(13-5-6-15-9-13)19(17,18)10-12-4-2-3-11(7-12)8-14;/h2-4,7,13,15H,5-6,9-10H2,1H3;1H. The van der Waals surface area contributed by atoms with E-state index in [2.05, 4.69) is 5.32 Å². The molecule has 1 saturated heterocycles. The quantitative estimate of drug-likeness (QED) is 0.903. The molecular formula is C13H18ClN3O2S. The number of nitrogens with one attached hydrogen (secondary N) is 1. The molecule has 0 spiro atoms. The van der Waals surface area contributed by atoms with Gasteiger partial charge in [0.05, 0.1) is 17.4 Å². The van der Waals surface area contributed by atoms with E-state index < -0.39 is 10.0 Å². The molecular weight excluding hydrogens is 298 g/mol. The van der Waals surface area contributed by atoms with Crippen molar-refractivity contribution in [3.8, 4) is 6.07 Å². The van der Waals surface area contributed by atoms with Crippen LogP contribution in [0, 0.1) is 11.3 Å². The van der Waals surface area contributed by atoms with Crippen LogP contribution in [0.15, 0.2) is 24.3 Å². The molecule has 1 fully saturated rings. The van der Waals surface area contributed by atoms with Crippen LogP contribution in [0.3, 0.4) is 0 Å². The lowest BCUT2D eigenvalue weighted by atomic mass is 10.2. The molecule has 1 heterocycles. The zero-order valence-electron chi connectivity index (χ0n) is 11.2. The number of hydrogen-bond acceptors (Lipinski definition) is 4. The molecule has 1 aromatic carbocycles. The Hall–Kier alpha value is -1.13. The van der Waals surface area contributed by atoms with Crippen molar-refractivity contribution in [1.82, 2.24) is 9.62 Å². The second-order valence-electron chi connectivity index (χ2n) is 4.73. The van der Waals surface area contributed by atoms with Gasteiger partial charge in [0.15, 0.2) is 0 Å². The second-order valence-corrected chi connectivity index (χ2v) is 6.76. The lowest BCUT2D eigenvalue weighted by Gasteiger charge is -2.23. The first-order chi connectivity index (χ1) is 9.03. The van der Waals surface area contributed by atoms with Gasteiger partial charge in [0.1, 0.15) is 0 Å². The van der Waals surface area contributed by atoms with Crippen molar-refractivity contribution in [3.05, 3.63) is 35.4 Å². The van der Waals surface area contributed by atoms with Crippen LogP contribution in [0.25, 0.3) is 0 Å². The van der Waals surface area contributed by atoms with Crippen molar-refractivity contribution >= 4 is 22.4 Å². The molecule has 0 saturated carbocycles. The van der Waals surface area contributed by atoms with E-state index >= 15 is 0 Å². The molecule has 1 aliphatic rings. The van der Waals surface area contributed by atoms with Crippen molar-refractivity contribution in [2.45, 2.75) is 18.2 Å². The molecule has 20 heavy (non-hydrogen) atoms. The van der Waals surface area contributed by atoms with Crippen molar-refractivity contribution in [2.75, 3.05) is 20.1 Å². The summed E-state index contributed by atoms with van der Waals surface area (Å²) in [6.45, 7) is 1.56. The average molecular weight is 316 g/mol. The molecule has 0 amide bonds. The first kappa shape index (κ1) is 16.9. The van der Waals surface area contributed by atoms with Gasteiger partial charge in [0.2, 0.25) is 10.0 Å². The van der Waals surface area contributed by atoms with Gasteiger partial charge in [-0.05, 0) is 30.7 Å². The molecule has 1 aliphatic heterocycles. The van der Waals surface area contributed by atoms with Crippen LogP contribution >= 0.6 is 12.4 Å². The highest BCUT2D eigenvalue weighted by atomic mass is 35.5. The number of nitrogens with zero attached hydrogens (tertiary/aromatic N) is 2. The van der Waals surface area contributed by atoms with Crippen molar-refractivity contribution in [2.24, 2.45) is 0 Å². The summed E-state index contributed by atoms with van der Waals surface area (Å²) in [7, 11) is -1.71. The van der Waals surface area contributed by atoms with Gasteiger partial charge in [-0.25, -0.2) is 12.7 Å². The lowest BCUT2D eigenvalue weighted by Crippen LogP contribution is -2.39. The minimum Gasteiger partial charge on any atom is -0.315 e. The summed E-state index contributed by atoms with van der Waals surface area (Å²) in [5.41, 5.74) is 1.13.